The smallest absolute Gasteiger partial charge is 0.119 e. The van der Waals surface area contributed by atoms with Gasteiger partial charge in [-0.1, -0.05) is 18.2 Å². The second-order valence-electron chi connectivity index (χ2n) is 7.98. The molecule has 0 bridgehead atoms. The van der Waals surface area contributed by atoms with Gasteiger partial charge in [-0.15, -0.1) is 0 Å². The van der Waals surface area contributed by atoms with Crippen LogP contribution in [-0.2, 0) is 42.6 Å². The van der Waals surface area contributed by atoms with Crippen molar-refractivity contribution in [2.45, 2.75) is 20.0 Å². The maximum atomic E-state index is 5.54. The van der Waals surface area contributed by atoms with Gasteiger partial charge in [-0.3, -0.25) is 0 Å². The number of para-hydroxylation sites is 1. The highest BCUT2D eigenvalue weighted by molar-refractivity contribution is 5.20. The van der Waals surface area contributed by atoms with Crippen LogP contribution in [0.4, 0.5) is 0 Å². The summed E-state index contributed by atoms with van der Waals surface area (Å²) in [6.07, 6.45) is 0.235. The summed E-state index contributed by atoms with van der Waals surface area (Å²) < 4.78 is 54.5. The number of hydrogen-bond donors (Lipinski definition) is 0. The van der Waals surface area contributed by atoms with E-state index in [4.69, 9.17) is 47.4 Å². The molecule has 0 heterocycles. The molecule has 0 spiro atoms. The normalized spacial score (nSPS) is 11.4. The molecule has 0 N–H and O–H groups in total. The minimum atomic E-state index is 0.235. The number of benzene rings is 1. The first-order chi connectivity index (χ1) is 18.3. The zero-order chi connectivity index (χ0) is 26.5. The third-order valence-electron chi connectivity index (χ3n) is 4.52. The third-order valence-corrected chi connectivity index (χ3v) is 4.52. The molecule has 0 aromatic heterocycles. The first-order valence-electron chi connectivity index (χ1n) is 13.2. The molecule has 1 aromatic carbocycles. The molecule has 10 heteroatoms. The molecule has 0 saturated heterocycles. The number of ether oxygens (including phenoxy) is 10. The van der Waals surface area contributed by atoms with Crippen LogP contribution < -0.4 is 4.74 Å². The predicted molar refractivity (Wildman–Crippen MR) is 140 cm³/mol. The van der Waals surface area contributed by atoms with Gasteiger partial charge < -0.3 is 47.4 Å². The molecular formula is C27H48O10. The van der Waals surface area contributed by atoms with E-state index in [1.807, 2.05) is 44.2 Å². The Morgan fingerprint density at radius 2 is 0.703 bits per heavy atom. The summed E-state index contributed by atoms with van der Waals surface area (Å²) in [5.41, 5.74) is 0. The third kappa shape index (κ3) is 26.1. The van der Waals surface area contributed by atoms with E-state index in [0.717, 1.165) is 5.75 Å². The highest BCUT2D eigenvalue weighted by atomic mass is 16.6. The lowest BCUT2D eigenvalue weighted by Gasteiger charge is -2.09. The summed E-state index contributed by atoms with van der Waals surface area (Å²) in [6.45, 7) is 13.7. The predicted octanol–water partition coefficient (Wildman–Crippen LogP) is 2.62. The molecule has 0 atom stereocenters. The van der Waals surface area contributed by atoms with Crippen LogP contribution in [-0.4, -0.2) is 125 Å². The molecule has 1 rings (SSSR count). The molecule has 1 aromatic rings. The summed E-state index contributed by atoms with van der Waals surface area (Å²) >= 11 is 0. The van der Waals surface area contributed by atoms with E-state index in [2.05, 4.69) is 0 Å². The van der Waals surface area contributed by atoms with Crippen LogP contribution in [0.2, 0.25) is 0 Å². The fourth-order valence-electron chi connectivity index (χ4n) is 2.72. The van der Waals surface area contributed by atoms with Crippen molar-refractivity contribution < 1.29 is 47.4 Å². The monoisotopic (exact) mass is 532 g/mol. The molecule has 0 aliphatic heterocycles. The van der Waals surface area contributed by atoms with Crippen molar-refractivity contribution in [3.63, 3.8) is 0 Å². The SMILES string of the molecule is CC(C)OCCOCCOCCOCCOCCOCCOCCOCCOCCOc1ccccc1. The highest BCUT2D eigenvalue weighted by Crippen LogP contribution is 2.07. The molecule has 0 unspecified atom stereocenters. The van der Waals surface area contributed by atoms with Gasteiger partial charge in [-0.2, -0.15) is 0 Å². The minimum absolute atomic E-state index is 0.235. The Bertz CT molecular complexity index is 561. The Balaban J connectivity index is 1.63. The van der Waals surface area contributed by atoms with Crippen molar-refractivity contribution in [1.29, 1.82) is 0 Å². The fraction of sp³-hybridized carbons (Fsp3) is 0.778. The van der Waals surface area contributed by atoms with E-state index in [1.165, 1.54) is 0 Å². The fourth-order valence-corrected chi connectivity index (χ4v) is 2.72. The molecule has 0 amide bonds. The van der Waals surface area contributed by atoms with Crippen molar-refractivity contribution in [3.05, 3.63) is 30.3 Å². The van der Waals surface area contributed by atoms with Gasteiger partial charge in [0, 0.05) is 0 Å². The molecule has 0 aliphatic rings. The maximum absolute atomic E-state index is 5.54. The van der Waals surface area contributed by atoms with Crippen molar-refractivity contribution >= 4 is 0 Å². The van der Waals surface area contributed by atoms with Gasteiger partial charge in [0.25, 0.3) is 0 Å². The average molecular weight is 533 g/mol. The second kappa shape index (κ2) is 27.7. The lowest BCUT2D eigenvalue weighted by molar-refractivity contribution is -0.0271. The van der Waals surface area contributed by atoms with E-state index < -0.39 is 0 Å². The van der Waals surface area contributed by atoms with E-state index in [9.17, 15) is 0 Å². The Morgan fingerprint density at radius 3 is 1.03 bits per heavy atom. The molecule has 0 radical (unpaired) electrons. The molecule has 0 fully saturated rings. The van der Waals surface area contributed by atoms with Crippen molar-refractivity contribution in [1.82, 2.24) is 0 Å². The first-order valence-corrected chi connectivity index (χ1v) is 13.2. The van der Waals surface area contributed by atoms with Crippen molar-refractivity contribution in [2.75, 3.05) is 119 Å². The average Bonchev–Trinajstić information content (AvgIpc) is 2.90. The summed E-state index contributed by atoms with van der Waals surface area (Å²) in [6, 6.07) is 9.68. The first kappa shape index (κ1) is 33.7. The van der Waals surface area contributed by atoms with Crippen LogP contribution in [0, 0.1) is 0 Å². The van der Waals surface area contributed by atoms with Crippen LogP contribution >= 0.6 is 0 Å². The molecule has 10 nitrogen and oxygen atoms in total. The topological polar surface area (TPSA) is 92.3 Å². The lowest BCUT2D eigenvalue weighted by Crippen LogP contribution is -2.15. The summed E-state index contributed by atoms with van der Waals surface area (Å²) in [5.74, 6) is 0.848. The lowest BCUT2D eigenvalue weighted by atomic mass is 10.3. The maximum Gasteiger partial charge on any atom is 0.119 e. The minimum Gasteiger partial charge on any atom is -0.491 e. The largest absolute Gasteiger partial charge is 0.491 e. The van der Waals surface area contributed by atoms with Gasteiger partial charge in [-0.05, 0) is 26.0 Å². The quantitative estimate of drug-likeness (QED) is 0.143. The standard InChI is InChI=1S/C27H48O10/c1-26(2)36-24-22-34-20-18-32-16-14-30-12-10-28-8-9-29-11-13-31-15-17-33-19-21-35-23-25-37-27-6-4-3-5-7-27/h3-7,26H,8-25H2,1-2H3. The van der Waals surface area contributed by atoms with Gasteiger partial charge in [0.05, 0.1) is 118 Å². The molecule has 0 saturated carbocycles. The van der Waals surface area contributed by atoms with Crippen LogP contribution in [0.25, 0.3) is 0 Å². The summed E-state index contributed by atoms with van der Waals surface area (Å²) in [5, 5.41) is 0. The second-order valence-corrected chi connectivity index (χ2v) is 7.98. The zero-order valence-electron chi connectivity index (χ0n) is 22.8. The Kier molecular flexibility index (Phi) is 25.2. The van der Waals surface area contributed by atoms with Gasteiger partial charge in [-0.25, -0.2) is 0 Å². The van der Waals surface area contributed by atoms with E-state index in [-0.39, 0.29) is 6.10 Å². The van der Waals surface area contributed by atoms with Crippen LogP contribution in [0.5, 0.6) is 5.75 Å². The van der Waals surface area contributed by atoms with Gasteiger partial charge in [0.15, 0.2) is 0 Å². The zero-order valence-corrected chi connectivity index (χ0v) is 22.8. The molecule has 216 valence electrons. The molecule has 0 aliphatic carbocycles. The van der Waals surface area contributed by atoms with E-state index in [0.29, 0.717) is 119 Å². The van der Waals surface area contributed by atoms with E-state index >= 15 is 0 Å². The van der Waals surface area contributed by atoms with Gasteiger partial charge in [0.2, 0.25) is 0 Å². The Labute approximate surface area is 222 Å². The van der Waals surface area contributed by atoms with E-state index in [1.54, 1.807) is 0 Å². The highest BCUT2D eigenvalue weighted by Gasteiger charge is 1.97. The van der Waals surface area contributed by atoms with Crippen LogP contribution in [0.1, 0.15) is 13.8 Å². The van der Waals surface area contributed by atoms with Crippen LogP contribution in [0.15, 0.2) is 30.3 Å². The van der Waals surface area contributed by atoms with Gasteiger partial charge >= 0.3 is 0 Å². The molecule has 37 heavy (non-hydrogen) atoms. The Morgan fingerprint density at radius 1 is 0.405 bits per heavy atom. The van der Waals surface area contributed by atoms with Crippen LogP contribution in [0.3, 0.4) is 0 Å². The number of rotatable bonds is 29. The number of hydrogen-bond acceptors (Lipinski definition) is 10. The molecular weight excluding hydrogens is 484 g/mol. The Hall–Kier alpha value is -1.34. The summed E-state index contributed by atoms with van der Waals surface area (Å²) in [4.78, 5) is 0. The summed E-state index contributed by atoms with van der Waals surface area (Å²) in [7, 11) is 0. The van der Waals surface area contributed by atoms with Gasteiger partial charge in [0.1, 0.15) is 12.4 Å². The van der Waals surface area contributed by atoms with Crippen molar-refractivity contribution in [3.8, 4) is 5.75 Å². The van der Waals surface area contributed by atoms with Crippen molar-refractivity contribution in [2.24, 2.45) is 0 Å².